The second kappa shape index (κ2) is 6.06. The Bertz CT molecular complexity index is 610. The van der Waals surface area contributed by atoms with Gasteiger partial charge in [0.2, 0.25) is 0 Å². The molecule has 2 aromatic carbocycles. The summed E-state index contributed by atoms with van der Waals surface area (Å²) in [5, 5.41) is 0. The molecule has 0 radical (unpaired) electrons. The van der Waals surface area contributed by atoms with E-state index in [0.717, 1.165) is 11.1 Å². The van der Waals surface area contributed by atoms with Gasteiger partial charge in [-0.05, 0) is 43.5 Å². The van der Waals surface area contributed by atoms with Crippen molar-refractivity contribution in [2.75, 3.05) is 6.61 Å². The number of rotatable bonds is 4. The number of benzene rings is 2. The zero-order valence-corrected chi connectivity index (χ0v) is 12.1. The maximum Gasteiger partial charge on any atom is 0.129 e. The molecule has 0 spiro atoms. The van der Waals surface area contributed by atoms with Crippen LogP contribution in [0.15, 0.2) is 36.4 Å². The van der Waals surface area contributed by atoms with E-state index < -0.39 is 0 Å². The van der Waals surface area contributed by atoms with Gasteiger partial charge < -0.3 is 10.5 Å². The quantitative estimate of drug-likeness (QED) is 0.918. The van der Waals surface area contributed by atoms with Gasteiger partial charge in [-0.3, -0.25) is 0 Å². The van der Waals surface area contributed by atoms with Gasteiger partial charge in [0.1, 0.15) is 18.2 Å². The average molecular weight is 273 g/mol. The lowest BCUT2D eigenvalue weighted by atomic mass is 10.00. The molecule has 0 amide bonds. The zero-order chi connectivity index (χ0) is 14.7. The Balaban J connectivity index is 2.06. The van der Waals surface area contributed by atoms with Crippen molar-refractivity contribution in [2.24, 2.45) is 5.73 Å². The molecule has 0 aromatic heterocycles. The maximum atomic E-state index is 13.4. The van der Waals surface area contributed by atoms with Crippen LogP contribution in [0, 0.1) is 26.6 Å². The van der Waals surface area contributed by atoms with E-state index in [0.29, 0.717) is 17.9 Å². The Labute approximate surface area is 119 Å². The summed E-state index contributed by atoms with van der Waals surface area (Å²) in [5.74, 6) is 0.247. The molecule has 106 valence electrons. The molecule has 2 nitrogen and oxygen atoms in total. The minimum Gasteiger partial charge on any atom is -0.492 e. The van der Waals surface area contributed by atoms with Crippen LogP contribution in [-0.4, -0.2) is 6.61 Å². The summed E-state index contributed by atoms with van der Waals surface area (Å²) in [4.78, 5) is 0. The highest BCUT2D eigenvalue weighted by molar-refractivity contribution is 5.33. The Morgan fingerprint density at radius 2 is 1.75 bits per heavy atom. The molecular formula is C17H20FNO. The van der Waals surface area contributed by atoms with Gasteiger partial charge in [-0.1, -0.05) is 29.8 Å². The molecule has 0 heterocycles. The van der Waals surface area contributed by atoms with Crippen molar-refractivity contribution in [2.45, 2.75) is 26.8 Å². The maximum absolute atomic E-state index is 13.4. The van der Waals surface area contributed by atoms with Crippen LogP contribution in [0.3, 0.4) is 0 Å². The summed E-state index contributed by atoms with van der Waals surface area (Å²) in [6.45, 7) is 6.11. The lowest BCUT2D eigenvalue weighted by Gasteiger charge is -2.16. The molecule has 1 atom stereocenters. The Morgan fingerprint density at radius 1 is 1.05 bits per heavy atom. The molecular weight excluding hydrogens is 253 g/mol. The van der Waals surface area contributed by atoms with Crippen LogP contribution in [0.1, 0.15) is 28.3 Å². The predicted octanol–water partition coefficient (Wildman–Crippen LogP) is 3.83. The van der Waals surface area contributed by atoms with Gasteiger partial charge in [0.25, 0.3) is 0 Å². The molecule has 1 unspecified atom stereocenters. The van der Waals surface area contributed by atoms with Gasteiger partial charge in [-0.25, -0.2) is 4.39 Å². The fraction of sp³-hybridized carbons (Fsp3) is 0.294. The van der Waals surface area contributed by atoms with E-state index >= 15 is 0 Å². The van der Waals surface area contributed by atoms with Crippen molar-refractivity contribution in [1.82, 2.24) is 0 Å². The summed E-state index contributed by atoms with van der Waals surface area (Å²) in [6, 6.07) is 10.8. The molecule has 3 heteroatoms. The third kappa shape index (κ3) is 3.36. The molecule has 0 fully saturated rings. The van der Waals surface area contributed by atoms with Crippen molar-refractivity contribution in [3.8, 4) is 5.75 Å². The Morgan fingerprint density at radius 3 is 2.45 bits per heavy atom. The number of ether oxygens (including phenoxy) is 1. The zero-order valence-electron chi connectivity index (χ0n) is 12.1. The van der Waals surface area contributed by atoms with Gasteiger partial charge in [-0.15, -0.1) is 0 Å². The van der Waals surface area contributed by atoms with E-state index in [4.69, 9.17) is 10.5 Å². The van der Waals surface area contributed by atoms with Crippen LogP contribution >= 0.6 is 0 Å². The van der Waals surface area contributed by atoms with Gasteiger partial charge >= 0.3 is 0 Å². The SMILES string of the molecule is Cc1ccc(C)c(C(N)COc2ccc(C)c(F)c2)c1. The largest absolute Gasteiger partial charge is 0.492 e. The standard InChI is InChI=1S/C17H20FNO/c1-11-4-5-12(2)15(8-11)17(19)10-20-14-7-6-13(3)16(18)9-14/h4-9,17H,10,19H2,1-3H3. The van der Waals surface area contributed by atoms with Crippen LogP contribution in [-0.2, 0) is 0 Å². The highest BCUT2D eigenvalue weighted by Crippen LogP contribution is 2.20. The molecule has 2 N–H and O–H groups in total. The van der Waals surface area contributed by atoms with Gasteiger partial charge in [0.15, 0.2) is 0 Å². The smallest absolute Gasteiger partial charge is 0.129 e. The summed E-state index contributed by atoms with van der Waals surface area (Å²) in [6.07, 6.45) is 0. The van der Waals surface area contributed by atoms with Crippen LogP contribution < -0.4 is 10.5 Å². The van der Waals surface area contributed by atoms with Gasteiger partial charge in [-0.2, -0.15) is 0 Å². The average Bonchev–Trinajstić information content (AvgIpc) is 2.42. The van der Waals surface area contributed by atoms with Gasteiger partial charge in [0, 0.05) is 6.07 Å². The Kier molecular flexibility index (Phi) is 4.40. The first-order chi connectivity index (χ1) is 9.47. The molecule has 0 saturated heterocycles. The minimum absolute atomic E-state index is 0.223. The van der Waals surface area contributed by atoms with E-state index in [1.165, 1.54) is 11.6 Å². The number of halogens is 1. The summed E-state index contributed by atoms with van der Waals surface area (Å²) in [5.41, 5.74) is 10.1. The molecule has 0 bridgehead atoms. The van der Waals surface area contributed by atoms with Crippen LogP contribution in [0.5, 0.6) is 5.75 Å². The topological polar surface area (TPSA) is 35.2 Å². The molecule has 2 rings (SSSR count). The van der Waals surface area contributed by atoms with E-state index in [9.17, 15) is 4.39 Å². The number of hydrogen-bond donors (Lipinski definition) is 1. The highest BCUT2D eigenvalue weighted by atomic mass is 19.1. The molecule has 0 aliphatic heterocycles. The fourth-order valence-corrected chi connectivity index (χ4v) is 2.10. The summed E-state index contributed by atoms with van der Waals surface area (Å²) >= 11 is 0. The first kappa shape index (κ1) is 14.5. The van der Waals surface area contributed by atoms with Crippen molar-refractivity contribution in [1.29, 1.82) is 0 Å². The second-order valence-corrected chi connectivity index (χ2v) is 5.19. The first-order valence-electron chi connectivity index (χ1n) is 6.69. The molecule has 20 heavy (non-hydrogen) atoms. The van der Waals surface area contributed by atoms with Crippen molar-refractivity contribution in [3.05, 3.63) is 64.5 Å². The van der Waals surface area contributed by atoms with Crippen LogP contribution in [0.25, 0.3) is 0 Å². The van der Waals surface area contributed by atoms with E-state index in [1.54, 1.807) is 19.1 Å². The van der Waals surface area contributed by atoms with Gasteiger partial charge in [0.05, 0.1) is 6.04 Å². The van der Waals surface area contributed by atoms with Crippen molar-refractivity contribution < 1.29 is 9.13 Å². The number of hydrogen-bond acceptors (Lipinski definition) is 2. The number of nitrogens with two attached hydrogens (primary N) is 1. The normalized spacial score (nSPS) is 12.2. The highest BCUT2D eigenvalue weighted by Gasteiger charge is 2.10. The molecule has 0 aliphatic carbocycles. The van der Waals surface area contributed by atoms with Crippen LogP contribution in [0.2, 0.25) is 0 Å². The molecule has 0 aliphatic rings. The fourth-order valence-electron chi connectivity index (χ4n) is 2.10. The molecule has 0 saturated carbocycles. The van der Waals surface area contributed by atoms with Crippen molar-refractivity contribution in [3.63, 3.8) is 0 Å². The number of aryl methyl sites for hydroxylation is 3. The third-order valence-electron chi connectivity index (χ3n) is 3.41. The van der Waals surface area contributed by atoms with E-state index in [-0.39, 0.29) is 11.9 Å². The lowest BCUT2D eigenvalue weighted by molar-refractivity contribution is 0.289. The van der Waals surface area contributed by atoms with E-state index in [2.05, 4.69) is 18.2 Å². The summed E-state index contributed by atoms with van der Waals surface area (Å²) < 4.78 is 19.0. The monoisotopic (exact) mass is 273 g/mol. The van der Waals surface area contributed by atoms with Crippen molar-refractivity contribution >= 4 is 0 Å². The third-order valence-corrected chi connectivity index (χ3v) is 3.41. The van der Waals surface area contributed by atoms with E-state index in [1.807, 2.05) is 13.8 Å². The second-order valence-electron chi connectivity index (χ2n) is 5.19. The predicted molar refractivity (Wildman–Crippen MR) is 79.5 cm³/mol. The lowest BCUT2D eigenvalue weighted by Crippen LogP contribution is -2.20. The minimum atomic E-state index is -0.261. The molecule has 2 aromatic rings. The van der Waals surface area contributed by atoms with Crippen LogP contribution in [0.4, 0.5) is 4.39 Å². The summed E-state index contributed by atoms with van der Waals surface area (Å²) in [7, 11) is 0. The Hall–Kier alpha value is -1.87. The first-order valence-corrected chi connectivity index (χ1v) is 6.69.